The molecule has 0 atom stereocenters. The second-order valence-electron chi connectivity index (χ2n) is 8.04. The second kappa shape index (κ2) is 11.1. The molecule has 0 aliphatic carbocycles. The third-order valence-corrected chi connectivity index (χ3v) is 6.00. The maximum absolute atomic E-state index is 12.8. The Morgan fingerprint density at radius 3 is 2.53 bits per heavy atom. The Labute approximate surface area is 203 Å². The van der Waals surface area contributed by atoms with Crippen LogP contribution in [0.2, 0.25) is 0 Å². The third kappa shape index (κ3) is 6.11. The van der Waals surface area contributed by atoms with Crippen molar-refractivity contribution >= 4 is 34.9 Å². The maximum Gasteiger partial charge on any atom is 0.293 e. The molecule has 1 fully saturated rings. The van der Waals surface area contributed by atoms with Crippen LogP contribution in [0, 0.1) is 6.92 Å². The number of carbonyl (C=O) groups is 3. The predicted octanol–water partition coefficient (Wildman–Crippen LogP) is 4.11. The predicted molar refractivity (Wildman–Crippen MR) is 131 cm³/mol. The van der Waals surface area contributed by atoms with Crippen molar-refractivity contribution in [1.82, 2.24) is 4.90 Å². The van der Waals surface area contributed by atoms with Crippen molar-refractivity contribution < 1.29 is 28.6 Å². The number of ether oxygens (including phenoxy) is 3. The van der Waals surface area contributed by atoms with Gasteiger partial charge in [-0.05, 0) is 65.6 Å². The Kier molecular flexibility index (Phi) is 8.22. The quantitative estimate of drug-likeness (QED) is 0.506. The van der Waals surface area contributed by atoms with E-state index in [-0.39, 0.29) is 30.9 Å². The first-order valence-electron chi connectivity index (χ1n) is 10.8. The number of amides is 3. The number of hydrogen-bond acceptors (Lipinski definition) is 7. The average molecular weight is 485 g/mol. The standard InChI is InChI=1S/C25H28N2O6S/c1-15(2)18-7-5-16(3)11-20(18)32-10-9-27-24(29)22(34-25(27)30)13-17-6-8-19(21(12-17)31-4)33-14-23(26)28/h5-8,11-13,15H,9-10,14H2,1-4H3,(H2,26,28)/b22-13-. The minimum atomic E-state index is -0.605. The average Bonchev–Trinajstić information content (AvgIpc) is 3.05. The molecular weight excluding hydrogens is 456 g/mol. The Balaban J connectivity index is 1.68. The molecule has 9 heteroatoms. The molecule has 0 bridgehead atoms. The smallest absolute Gasteiger partial charge is 0.293 e. The van der Waals surface area contributed by atoms with E-state index >= 15 is 0 Å². The molecule has 3 amide bonds. The van der Waals surface area contributed by atoms with Crippen LogP contribution in [0.3, 0.4) is 0 Å². The van der Waals surface area contributed by atoms with Gasteiger partial charge >= 0.3 is 0 Å². The van der Waals surface area contributed by atoms with Crippen LogP contribution in [-0.2, 0) is 9.59 Å². The Bertz CT molecular complexity index is 1130. The number of nitrogens with zero attached hydrogens (tertiary/aromatic N) is 1. The van der Waals surface area contributed by atoms with Crippen molar-refractivity contribution in [3.63, 3.8) is 0 Å². The van der Waals surface area contributed by atoms with Gasteiger partial charge in [0.25, 0.3) is 17.1 Å². The lowest BCUT2D eigenvalue weighted by Crippen LogP contribution is -2.32. The highest BCUT2D eigenvalue weighted by molar-refractivity contribution is 8.18. The molecule has 0 spiro atoms. The monoisotopic (exact) mass is 484 g/mol. The molecule has 2 aromatic carbocycles. The van der Waals surface area contributed by atoms with Crippen LogP contribution in [0.25, 0.3) is 6.08 Å². The largest absolute Gasteiger partial charge is 0.493 e. The third-order valence-electron chi connectivity index (χ3n) is 5.09. The maximum atomic E-state index is 12.8. The van der Waals surface area contributed by atoms with Gasteiger partial charge in [0, 0.05) is 0 Å². The topological polar surface area (TPSA) is 108 Å². The van der Waals surface area contributed by atoms with E-state index in [0.717, 1.165) is 28.6 Å². The zero-order chi connectivity index (χ0) is 24.8. The molecule has 180 valence electrons. The van der Waals surface area contributed by atoms with E-state index < -0.39 is 5.91 Å². The molecule has 1 aliphatic rings. The van der Waals surface area contributed by atoms with Crippen molar-refractivity contribution in [2.45, 2.75) is 26.7 Å². The molecule has 1 heterocycles. The number of imide groups is 1. The first-order chi connectivity index (χ1) is 16.2. The molecule has 0 unspecified atom stereocenters. The van der Waals surface area contributed by atoms with Gasteiger partial charge in [-0.15, -0.1) is 0 Å². The van der Waals surface area contributed by atoms with Crippen molar-refractivity contribution in [3.05, 3.63) is 58.0 Å². The molecular formula is C25H28N2O6S. The number of primary amides is 1. The zero-order valence-electron chi connectivity index (χ0n) is 19.6. The molecule has 2 N–H and O–H groups in total. The summed E-state index contributed by atoms with van der Waals surface area (Å²) >= 11 is 0.875. The highest BCUT2D eigenvalue weighted by Gasteiger charge is 2.35. The molecule has 34 heavy (non-hydrogen) atoms. The van der Waals surface area contributed by atoms with Crippen LogP contribution in [-0.4, -0.2) is 48.8 Å². The van der Waals surface area contributed by atoms with Gasteiger partial charge in [-0.1, -0.05) is 32.0 Å². The highest BCUT2D eigenvalue weighted by atomic mass is 32.2. The van der Waals surface area contributed by atoms with E-state index in [2.05, 4.69) is 13.8 Å². The Hall–Kier alpha value is -3.46. The molecule has 2 aromatic rings. The van der Waals surface area contributed by atoms with Gasteiger partial charge in [0.15, 0.2) is 18.1 Å². The first-order valence-corrected chi connectivity index (χ1v) is 11.6. The molecule has 1 saturated heterocycles. The number of hydrogen-bond donors (Lipinski definition) is 1. The van der Waals surface area contributed by atoms with Gasteiger partial charge in [0.05, 0.1) is 18.6 Å². The van der Waals surface area contributed by atoms with Gasteiger partial charge in [-0.2, -0.15) is 0 Å². The van der Waals surface area contributed by atoms with Crippen LogP contribution in [0.4, 0.5) is 4.79 Å². The van der Waals surface area contributed by atoms with E-state index in [9.17, 15) is 14.4 Å². The summed E-state index contributed by atoms with van der Waals surface area (Å²) < 4.78 is 16.5. The van der Waals surface area contributed by atoms with Crippen LogP contribution in [0.1, 0.15) is 36.5 Å². The van der Waals surface area contributed by atoms with E-state index in [1.807, 2.05) is 25.1 Å². The number of nitrogens with two attached hydrogens (primary N) is 1. The lowest BCUT2D eigenvalue weighted by atomic mass is 10.0. The minimum Gasteiger partial charge on any atom is -0.493 e. The number of rotatable bonds is 10. The lowest BCUT2D eigenvalue weighted by Gasteiger charge is -2.17. The summed E-state index contributed by atoms with van der Waals surface area (Å²) in [7, 11) is 1.46. The SMILES string of the molecule is COc1cc(/C=C2\SC(=O)N(CCOc3cc(C)ccc3C(C)C)C2=O)ccc1OCC(N)=O. The fourth-order valence-corrected chi connectivity index (χ4v) is 4.24. The van der Waals surface area contributed by atoms with E-state index in [1.54, 1.807) is 24.3 Å². The van der Waals surface area contributed by atoms with Gasteiger partial charge < -0.3 is 19.9 Å². The van der Waals surface area contributed by atoms with Gasteiger partial charge in [0.2, 0.25) is 0 Å². The Morgan fingerprint density at radius 2 is 1.85 bits per heavy atom. The summed E-state index contributed by atoms with van der Waals surface area (Å²) in [6.45, 7) is 6.24. The number of methoxy groups -OCH3 is 1. The lowest BCUT2D eigenvalue weighted by molar-refractivity contribution is -0.123. The van der Waals surface area contributed by atoms with Gasteiger partial charge in [-0.3, -0.25) is 19.3 Å². The fourth-order valence-electron chi connectivity index (χ4n) is 3.38. The van der Waals surface area contributed by atoms with Crippen LogP contribution in [0.5, 0.6) is 17.2 Å². The number of carbonyl (C=O) groups excluding carboxylic acids is 3. The minimum absolute atomic E-state index is 0.150. The van der Waals surface area contributed by atoms with E-state index in [4.69, 9.17) is 19.9 Å². The second-order valence-corrected chi connectivity index (χ2v) is 9.04. The summed E-state index contributed by atoms with van der Waals surface area (Å²) in [5, 5.41) is -0.346. The van der Waals surface area contributed by atoms with E-state index in [1.165, 1.54) is 12.0 Å². The van der Waals surface area contributed by atoms with Crippen LogP contribution >= 0.6 is 11.8 Å². The van der Waals surface area contributed by atoms with Crippen molar-refractivity contribution in [3.8, 4) is 17.2 Å². The summed E-state index contributed by atoms with van der Waals surface area (Å²) in [5.41, 5.74) is 7.91. The zero-order valence-corrected chi connectivity index (χ0v) is 20.4. The van der Waals surface area contributed by atoms with Gasteiger partial charge in [0.1, 0.15) is 12.4 Å². The number of aryl methyl sites for hydroxylation is 1. The fraction of sp³-hybridized carbons (Fsp3) is 0.320. The van der Waals surface area contributed by atoms with E-state index in [0.29, 0.717) is 27.9 Å². The summed E-state index contributed by atoms with van der Waals surface area (Å²) in [4.78, 5) is 37.7. The van der Waals surface area contributed by atoms with Crippen molar-refractivity contribution in [1.29, 1.82) is 0 Å². The normalized spacial score (nSPS) is 14.7. The van der Waals surface area contributed by atoms with Crippen LogP contribution in [0.15, 0.2) is 41.3 Å². The summed E-state index contributed by atoms with van der Waals surface area (Å²) in [5.74, 6) is 0.803. The molecule has 3 rings (SSSR count). The molecule has 8 nitrogen and oxygen atoms in total. The summed E-state index contributed by atoms with van der Waals surface area (Å²) in [6.07, 6.45) is 1.61. The molecule has 0 radical (unpaired) electrons. The van der Waals surface area contributed by atoms with Crippen LogP contribution < -0.4 is 19.9 Å². The van der Waals surface area contributed by atoms with Gasteiger partial charge in [-0.25, -0.2) is 0 Å². The number of thioether (sulfide) groups is 1. The molecule has 0 saturated carbocycles. The molecule has 0 aromatic heterocycles. The summed E-state index contributed by atoms with van der Waals surface area (Å²) in [6, 6.07) is 11.0. The van der Waals surface area contributed by atoms with Crippen molar-refractivity contribution in [2.75, 3.05) is 26.9 Å². The highest BCUT2D eigenvalue weighted by Crippen LogP contribution is 2.35. The first kappa shape index (κ1) is 25.2. The van der Waals surface area contributed by atoms with Crippen molar-refractivity contribution in [2.24, 2.45) is 5.73 Å². The number of benzene rings is 2. The Morgan fingerprint density at radius 1 is 1.09 bits per heavy atom. The molecule has 1 aliphatic heterocycles.